The zero-order valence-corrected chi connectivity index (χ0v) is 24.0. The van der Waals surface area contributed by atoms with Crippen molar-refractivity contribution in [1.29, 1.82) is 0 Å². The minimum atomic E-state index is -0.477. The zero-order valence-electron chi connectivity index (χ0n) is 24.0. The first-order valence-electron chi connectivity index (χ1n) is 13.6. The van der Waals surface area contributed by atoms with Gasteiger partial charge in [-0.15, -0.1) is 0 Å². The lowest BCUT2D eigenvalue weighted by atomic mass is 10.0. The molecule has 0 saturated heterocycles. The molecule has 0 aliphatic rings. The summed E-state index contributed by atoms with van der Waals surface area (Å²) < 4.78 is 13.1. The Morgan fingerprint density at radius 2 is 1.66 bits per heavy atom. The second-order valence-corrected chi connectivity index (χ2v) is 9.50. The van der Waals surface area contributed by atoms with Crippen molar-refractivity contribution in [2.75, 3.05) is 13.7 Å². The molecule has 4 aromatic rings. The Labute approximate surface area is 241 Å². The molecule has 2 N–H and O–H groups in total. The molecule has 2 heterocycles. The number of aldehydes is 1. The highest BCUT2D eigenvalue weighted by Gasteiger charge is 2.11. The smallest absolute Gasteiger partial charge is 0.407 e. The Hall–Kier alpha value is -4.50. The van der Waals surface area contributed by atoms with Crippen molar-refractivity contribution < 1.29 is 24.2 Å². The third kappa shape index (κ3) is 9.29. The van der Waals surface area contributed by atoms with Crippen molar-refractivity contribution >= 4 is 12.4 Å². The van der Waals surface area contributed by atoms with E-state index >= 15 is 0 Å². The van der Waals surface area contributed by atoms with Crippen molar-refractivity contribution in [3.63, 3.8) is 0 Å². The number of aliphatic hydroxyl groups excluding tert-OH is 1. The van der Waals surface area contributed by atoms with E-state index < -0.39 is 6.09 Å². The summed E-state index contributed by atoms with van der Waals surface area (Å²) in [5.74, 6) is 0.690. The Morgan fingerprint density at radius 3 is 2.34 bits per heavy atom. The maximum atomic E-state index is 12.0. The highest BCUT2D eigenvalue weighted by atomic mass is 16.6. The maximum absolute atomic E-state index is 12.0. The predicted molar refractivity (Wildman–Crippen MR) is 159 cm³/mol. The van der Waals surface area contributed by atoms with Gasteiger partial charge in [-0.2, -0.15) is 5.10 Å². The van der Waals surface area contributed by atoms with Crippen LogP contribution in [0.25, 0.3) is 22.4 Å². The van der Waals surface area contributed by atoms with Gasteiger partial charge in [0.15, 0.2) is 0 Å². The number of carbonyl (C=O) groups is 2. The van der Waals surface area contributed by atoms with Crippen molar-refractivity contribution in [2.24, 2.45) is 0 Å². The van der Waals surface area contributed by atoms with Crippen LogP contribution in [0, 0.1) is 6.92 Å². The van der Waals surface area contributed by atoms with Gasteiger partial charge < -0.3 is 24.7 Å². The van der Waals surface area contributed by atoms with E-state index in [1.54, 1.807) is 26.2 Å². The molecule has 2 aromatic carbocycles. The second kappa shape index (κ2) is 15.9. The summed E-state index contributed by atoms with van der Waals surface area (Å²) in [4.78, 5) is 26.9. The topological polar surface area (TPSA) is 116 Å². The molecule has 0 aliphatic heterocycles. The van der Waals surface area contributed by atoms with E-state index in [9.17, 15) is 9.59 Å². The van der Waals surface area contributed by atoms with Crippen LogP contribution in [0.2, 0.25) is 0 Å². The van der Waals surface area contributed by atoms with Gasteiger partial charge in [-0.1, -0.05) is 30.3 Å². The van der Waals surface area contributed by atoms with Crippen LogP contribution in [0.3, 0.4) is 0 Å². The standard InChI is InChI=1S/C31H34N4O4.CH4O/c1-22(2)39-31(37)33-21-28-20-29(11-10-24(28)5-4-17-36)38-18-16-35-23(3)19-30(34-35)27-8-6-25(7-9-27)26-12-14-32-15-13-26;1-2/h6-15,17,19-20,22H,4-5,16,18,21H2,1-3H3,(H,33,37);2H,1H3. The number of nitrogens with zero attached hydrogens (tertiary/aromatic N) is 3. The molecule has 0 bridgehead atoms. The number of aliphatic hydroxyl groups is 1. The van der Waals surface area contributed by atoms with Gasteiger partial charge >= 0.3 is 6.09 Å². The molecular weight excluding hydrogens is 520 g/mol. The van der Waals surface area contributed by atoms with E-state index in [4.69, 9.17) is 19.7 Å². The largest absolute Gasteiger partial charge is 0.492 e. The summed E-state index contributed by atoms with van der Waals surface area (Å²) >= 11 is 0. The SMILES string of the molecule is CO.Cc1cc(-c2ccc(-c3ccncc3)cc2)nn1CCOc1ccc(CCC=O)c(CNC(=O)OC(C)C)c1. The zero-order chi connectivity index (χ0) is 29.6. The third-order valence-corrected chi connectivity index (χ3v) is 6.22. The third-order valence-electron chi connectivity index (χ3n) is 6.22. The fourth-order valence-electron chi connectivity index (χ4n) is 4.24. The monoisotopic (exact) mass is 558 g/mol. The molecule has 0 spiro atoms. The van der Waals surface area contributed by atoms with Gasteiger partial charge in [0, 0.05) is 43.7 Å². The molecule has 4 rings (SSSR count). The highest BCUT2D eigenvalue weighted by Crippen LogP contribution is 2.25. The van der Waals surface area contributed by atoms with E-state index in [-0.39, 0.29) is 6.10 Å². The van der Waals surface area contributed by atoms with Crippen LogP contribution in [0.4, 0.5) is 4.79 Å². The van der Waals surface area contributed by atoms with Crippen LogP contribution in [0.5, 0.6) is 5.75 Å². The van der Waals surface area contributed by atoms with Crippen LogP contribution in [-0.4, -0.2) is 52.1 Å². The molecule has 216 valence electrons. The summed E-state index contributed by atoms with van der Waals surface area (Å²) in [7, 11) is 1.00. The number of pyridine rings is 1. The number of alkyl carbamates (subject to hydrolysis) is 1. The number of benzene rings is 2. The minimum absolute atomic E-state index is 0.202. The quantitative estimate of drug-likeness (QED) is 0.225. The molecule has 9 nitrogen and oxygen atoms in total. The summed E-state index contributed by atoms with van der Waals surface area (Å²) in [5, 5.41) is 14.6. The first-order chi connectivity index (χ1) is 19.9. The van der Waals surface area contributed by atoms with Gasteiger partial charge in [-0.3, -0.25) is 9.67 Å². The molecule has 2 aromatic heterocycles. The fraction of sp³-hybridized carbons (Fsp3) is 0.312. The van der Waals surface area contributed by atoms with E-state index in [2.05, 4.69) is 40.6 Å². The van der Waals surface area contributed by atoms with Crippen molar-refractivity contribution in [3.8, 4) is 28.1 Å². The van der Waals surface area contributed by atoms with Gasteiger partial charge in [-0.05, 0) is 79.8 Å². The lowest BCUT2D eigenvalue weighted by Gasteiger charge is -2.14. The van der Waals surface area contributed by atoms with Crippen LogP contribution in [0.15, 0.2) is 73.1 Å². The number of hydrogen-bond acceptors (Lipinski definition) is 7. The summed E-state index contributed by atoms with van der Waals surface area (Å²) in [6.45, 7) is 6.93. The van der Waals surface area contributed by atoms with Crippen molar-refractivity contribution in [3.05, 3.63) is 89.9 Å². The molecule has 0 radical (unpaired) electrons. The molecule has 1 amide bonds. The first kappa shape index (κ1) is 31.0. The van der Waals surface area contributed by atoms with Gasteiger partial charge in [0.2, 0.25) is 0 Å². The Bertz CT molecular complexity index is 1390. The maximum Gasteiger partial charge on any atom is 0.407 e. The molecule has 0 atom stereocenters. The average molecular weight is 559 g/mol. The summed E-state index contributed by atoms with van der Waals surface area (Å²) in [6.07, 6.45) is 4.81. The number of rotatable bonds is 12. The van der Waals surface area contributed by atoms with E-state index in [0.29, 0.717) is 38.3 Å². The van der Waals surface area contributed by atoms with Gasteiger partial charge in [0.05, 0.1) is 18.3 Å². The summed E-state index contributed by atoms with van der Waals surface area (Å²) in [6, 6.07) is 20.1. The van der Waals surface area contributed by atoms with E-state index in [1.165, 1.54) is 0 Å². The predicted octanol–water partition coefficient (Wildman–Crippen LogP) is 5.37. The Balaban J connectivity index is 0.00000226. The van der Waals surface area contributed by atoms with Crippen LogP contribution < -0.4 is 10.1 Å². The minimum Gasteiger partial charge on any atom is -0.492 e. The number of nitrogens with one attached hydrogen (secondary N) is 1. The van der Waals surface area contributed by atoms with Gasteiger partial charge in [-0.25, -0.2) is 4.79 Å². The number of ether oxygens (including phenoxy) is 2. The van der Waals surface area contributed by atoms with E-state index in [1.807, 2.05) is 41.9 Å². The Morgan fingerprint density at radius 1 is 0.976 bits per heavy atom. The lowest BCUT2D eigenvalue weighted by molar-refractivity contribution is -0.107. The highest BCUT2D eigenvalue weighted by molar-refractivity contribution is 5.69. The van der Waals surface area contributed by atoms with Gasteiger partial charge in [0.25, 0.3) is 0 Å². The molecule has 9 heteroatoms. The van der Waals surface area contributed by atoms with E-state index in [0.717, 1.165) is 52.6 Å². The molecule has 0 unspecified atom stereocenters. The molecule has 0 saturated carbocycles. The second-order valence-electron chi connectivity index (χ2n) is 9.50. The van der Waals surface area contributed by atoms with Crippen LogP contribution in [0.1, 0.15) is 37.1 Å². The number of aryl methyl sites for hydroxylation is 2. The normalized spacial score (nSPS) is 10.5. The summed E-state index contributed by atoms with van der Waals surface area (Å²) in [5.41, 5.74) is 7.15. The molecule has 0 fully saturated rings. The molecular formula is C32H38N4O5. The molecule has 0 aliphatic carbocycles. The number of hydrogen-bond donors (Lipinski definition) is 2. The number of carbonyl (C=O) groups excluding carboxylic acids is 2. The fourth-order valence-corrected chi connectivity index (χ4v) is 4.24. The van der Waals surface area contributed by atoms with Crippen molar-refractivity contribution in [1.82, 2.24) is 20.1 Å². The van der Waals surface area contributed by atoms with Gasteiger partial charge in [0.1, 0.15) is 18.6 Å². The van der Waals surface area contributed by atoms with Crippen LogP contribution in [-0.2, 0) is 29.0 Å². The average Bonchev–Trinajstić information content (AvgIpc) is 3.36. The lowest BCUT2D eigenvalue weighted by Crippen LogP contribution is -2.26. The molecule has 41 heavy (non-hydrogen) atoms. The first-order valence-corrected chi connectivity index (χ1v) is 13.6. The Kier molecular flexibility index (Phi) is 12.1. The number of amides is 1. The van der Waals surface area contributed by atoms with Crippen molar-refractivity contribution in [2.45, 2.75) is 52.8 Å². The van der Waals surface area contributed by atoms with Crippen LogP contribution >= 0.6 is 0 Å². The number of aromatic nitrogens is 3.